The number of nitrogens with two attached hydrogens (primary N) is 1. The summed E-state index contributed by atoms with van der Waals surface area (Å²) in [4.78, 5) is 0. The number of amidine groups is 1. The molecule has 1 fully saturated rings. The van der Waals surface area contributed by atoms with Gasteiger partial charge in [-0.05, 0) is 32.6 Å². The van der Waals surface area contributed by atoms with E-state index in [9.17, 15) is 8.42 Å². The fraction of sp³-hybridized carbons (Fsp3) is 0.909. The smallest absolute Gasteiger partial charge is 0.279 e. The molecule has 0 aromatic rings. The van der Waals surface area contributed by atoms with E-state index in [0.29, 0.717) is 25.9 Å². The van der Waals surface area contributed by atoms with Gasteiger partial charge in [-0.3, -0.25) is 5.41 Å². The summed E-state index contributed by atoms with van der Waals surface area (Å²) in [6, 6.07) is 0.0912. The zero-order chi connectivity index (χ0) is 13.6. The molecule has 4 N–H and O–H groups in total. The van der Waals surface area contributed by atoms with Crippen molar-refractivity contribution in [3.8, 4) is 0 Å². The van der Waals surface area contributed by atoms with Crippen molar-refractivity contribution >= 4 is 16.0 Å². The summed E-state index contributed by atoms with van der Waals surface area (Å²) < 4.78 is 28.3. The van der Waals surface area contributed by atoms with Gasteiger partial charge in [-0.15, -0.1) is 0 Å². The lowest BCUT2D eigenvalue weighted by molar-refractivity contribution is 0.265. The van der Waals surface area contributed by atoms with Gasteiger partial charge in [0.2, 0.25) is 0 Å². The van der Waals surface area contributed by atoms with Crippen LogP contribution in [0.2, 0.25) is 0 Å². The minimum atomic E-state index is -3.33. The van der Waals surface area contributed by atoms with Gasteiger partial charge in [0.25, 0.3) is 10.2 Å². The van der Waals surface area contributed by atoms with Gasteiger partial charge in [-0.2, -0.15) is 12.7 Å². The predicted molar refractivity (Wildman–Crippen MR) is 72.7 cm³/mol. The highest BCUT2D eigenvalue weighted by atomic mass is 32.2. The molecule has 1 saturated heterocycles. The lowest BCUT2D eigenvalue weighted by Crippen LogP contribution is -2.48. The molecule has 0 aromatic heterocycles. The van der Waals surface area contributed by atoms with Gasteiger partial charge in [0.15, 0.2) is 0 Å². The molecule has 0 spiro atoms. The van der Waals surface area contributed by atoms with Crippen LogP contribution in [0.15, 0.2) is 0 Å². The summed E-state index contributed by atoms with van der Waals surface area (Å²) in [5.41, 5.74) is 5.23. The molecular weight excluding hydrogens is 252 g/mol. The monoisotopic (exact) mass is 276 g/mol. The average Bonchev–Trinajstić information content (AvgIpc) is 2.28. The molecule has 18 heavy (non-hydrogen) atoms. The third-order valence-corrected chi connectivity index (χ3v) is 4.94. The normalized spacial score (nSPS) is 21.9. The highest BCUT2D eigenvalue weighted by molar-refractivity contribution is 7.87. The van der Waals surface area contributed by atoms with E-state index in [1.54, 1.807) is 4.31 Å². The van der Waals surface area contributed by atoms with Crippen molar-refractivity contribution in [1.82, 2.24) is 9.03 Å². The first-order valence-corrected chi connectivity index (χ1v) is 7.97. The number of unbranched alkanes of at least 4 members (excludes halogenated alkanes) is 1. The molecule has 1 aliphatic rings. The summed E-state index contributed by atoms with van der Waals surface area (Å²) in [6.45, 7) is 2.98. The van der Waals surface area contributed by atoms with Crippen LogP contribution in [-0.4, -0.2) is 37.7 Å². The standard InChI is InChI=1S/C11H24N4O2S/c1-10-6-3-5-9-15(10)18(16,17)14-8-4-2-7-11(12)13/h10,14H,2-9H2,1H3,(H3,12,13). The van der Waals surface area contributed by atoms with Crippen LogP contribution >= 0.6 is 0 Å². The minimum Gasteiger partial charge on any atom is -0.388 e. The Labute approximate surface area is 110 Å². The predicted octanol–water partition coefficient (Wildman–Crippen LogP) is 0.801. The van der Waals surface area contributed by atoms with Crippen LogP contribution in [0, 0.1) is 5.41 Å². The molecule has 0 amide bonds. The Kier molecular flexibility index (Phi) is 6.04. The number of hydrogen-bond donors (Lipinski definition) is 3. The van der Waals surface area contributed by atoms with Crippen LogP contribution in [0.4, 0.5) is 0 Å². The maximum Gasteiger partial charge on any atom is 0.279 e. The fourth-order valence-corrected chi connectivity index (χ4v) is 3.67. The second kappa shape index (κ2) is 7.06. The van der Waals surface area contributed by atoms with Crippen LogP contribution < -0.4 is 10.5 Å². The molecule has 1 rings (SSSR count). The van der Waals surface area contributed by atoms with E-state index in [1.807, 2.05) is 6.92 Å². The fourth-order valence-electron chi connectivity index (χ4n) is 2.15. The molecule has 0 aromatic carbocycles. The third-order valence-electron chi connectivity index (χ3n) is 3.21. The molecule has 1 unspecified atom stereocenters. The van der Waals surface area contributed by atoms with Gasteiger partial charge in [0.05, 0.1) is 5.84 Å². The van der Waals surface area contributed by atoms with E-state index < -0.39 is 10.2 Å². The molecule has 106 valence electrons. The van der Waals surface area contributed by atoms with E-state index in [1.165, 1.54) is 0 Å². The summed E-state index contributed by atoms with van der Waals surface area (Å²) in [6.07, 6.45) is 4.96. The van der Waals surface area contributed by atoms with Crippen molar-refractivity contribution in [2.75, 3.05) is 13.1 Å². The molecule has 1 heterocycles. The van der Waals surface area contributed by atoms with Gasteiger partial charge in [0.1, 0.15) is 0 Å². The Balaban J connectivity index is 2.32. The molecule has 0 aliphatic carbocycles. The van der Waals surface area contributed by atoms with Crippen molar-refractivity contribution in [2.24, 2.45) is 5.73 Å². The Bertz CT molecular complexity index is 369. The van der Waals surface area contributed by atoms with Crippen LogP contribution in [0.25, 0.3) is 0 Å². The molecular formula is C11H24N4O2S. The number of nitrogens with zero attached hydrogens (tertiary/aromatic N) is 1. The average molecular weight is 276 g/mol. The first-order valence-electron chi connectivity index (χ1n) is 6.53. The Morgan fingerprint density at radius 3 is 2.78 bits per heavy atom. The minimum absolute atomic E-state index is 0.0912. The number of piperidine rings is 1. The van der Waals surface area contributed by atoms with Gasteiger partial charge in [-0.1, -0.05) is 6.42 Å². The summed E-state index contributed by atoms with van der Waals surface area (Å²) in [7, 11) is -3.33. The second-order valence-corrected chi connectivity index (χ2v) is 6.55. The van der Waals surface area contributed by atoms with Gasteiger partial charge in [0, 0.05) is 25.6 Å². The Morgan fingerprint density at radius 1 is 1.44 bits per heavy atom. The molecule has 0 saturated carbocycles. The van der Waals surface area contributed by atoms with Gasteiger partial charge < -0.3 is 5.73 Å². The number of rotatable bonds is 7. The van der Waals surface area contributed by atoms with E-state index in [4.69, 9.17) is 11.1 Å². The van der Waals surface area contributed by atoms with Crippen LogP contribution in [0.1, 0.15) is 45.4 Å². The lowest BCUT2D eigenvalue weighted by Gasteiger charge is -2.32. The van der Waals surface area contributed by atoms with Gasteiger partial charge in [-0.25, -0.2) is 4.72 Å². The quantitative estimate of drug-likeness (QED) is 0.364. The summed E-state index contributed by atoms with van der Waals surface area (Å²) in [5, 5.41) is 7.07. The number of hydrogen-bond acceptors (Lipinski definition) is 3. The third kappa shape index (κ3) is 4.91. The molecule has 6 nitrogen and oxygen atoms in total. The summed E-state index contributed by atoms with van der Waals surface area (Å²) in [5.74, 6) is 0.155. The van der Waals surface area contributed by atoms with Gasteiger partial charge >= 0.3 is 0 Å². The maximum absolute atomic E-state index is 12.0. The van der Waals surface area contributed by atoms with E-state index in [-0.39, 0.29) is 11.9 Å². The zero-order valence-electron chi connectivity index (χ0n) is 11.0. The van der Waals surface area contributed by atoms with Crippen molar-refractivity contribution in [3.63, 3.8) is 0 Å². The zero-order valence-corrected chi connectivity index (χ0v) is 11.8. The van der Waals surface area contributed by atoms with Crippen LogP contribution in [-0.2, 0) is 10.2 Å². The Hall–Kier alpha value is -0.660. The highest BCUT2D eigenvalue weighted by Crippen LogP contribution is 2.18. The van der Waals surface area contributed by atoms with Crippen LogP contribution in [0.5, 0.6) is 0 Å². The topological polar surface area (TPSA) is 99.3 Å². The second-order valence-electron chi connectivity index (χ2n) is 4.84. The molecule has 1 atom stereocenters. The van der Waals surface area contributed by atoms with Crippen molar-refractivity contribution in [2.45, 2.75) is 51.5 Å². The first-order chi connectivity index (χ1) is 8.43. The molecule has 1 aliphatic heterocycles. The van der Waals surface area contributed by atoms with Crippen LogP contribution in [0.3, 0.4) is 0 Å². The van der Waals surface area contributed by atoms with Crippen molar-refractivity contribution < 1.29 is 8.42 Å². The first kappa shape index (κ1) is 15.4. The SMILES string of the molecule is CC1CCCCN1S(=O)(=O)NCCCCC(=N)N. The van der Waals surface area contributed by atoms with E-state index in [0.717, 1.165) is 25.7 Å². The summed E-state index contributed by atoms with van der Waals surface area (Å²) >= 11 is 0. The van der Waals surface area contributed by atoms with Crippen molar-refractivity contribution in [1.29, 1.82) is 5.41 Å². The van der Waals surface area contributed by atoms with E-state index in [2.05, 4.69) is 4.72 Å². The lowest BCUT2D eigenvalue weighted by atomic mass is 10.1. The number of nitrogens with one attached hydrogen (secondary N) is 2. The highest BCUT2D eigenvalue weighted by Gasteiger charge is 2.28. The molecule has 0 radical (unpaired) electrons. The Morgan fingerprint density at radius 2 is 2.17 bits per heavy atom. The van der Waals surface area contributed by atoms with E-state index >= 15 is 0 Å². The maximum atomic E-state index is 12.0. The molecule has 0 bridgehead atoms. The van der Waals surface area contributed by atoms with Crippen molar-refractivity contribution in [3.05, 3.63) is 0 Å². The molecule has 7 heteroatoms. The largest absolute Gasteiger partial charge is 0.388 e.